The van der Waals surface area contributed by atoms with Crippen LogP contribution in [0.4, 0.5) is 10.6 Å². The first-order chi connectivity index (χ1) is 12.1. The molecule has 2 aromatic heterocycles. The van der Waals surface area contributed by atoms with Crippen LogP contribution in [0, 0.1) is 6.92 Å². The fourth-order valence-electron chi connectivity index (χ4n) is 3.31. The molecule has 1 aliphatic rings. The van der Waals surface area contributed by atoms with E-state index in [0.717, 1.165) is 36.5 Å². The molecule has 25 heavy (non-hydrogen) atoms. The van der Waals surface area contributed by atoms with Crippen molar-refractivity contribution < 1.29 is 4.79 Å². The van der Waals surface area contributed by atoms with Crippen LogP contribution in [0.3, 0.4) is 0 Å². The Hall–Kier alpha value is -2.37. The van der Waals surface area contributed by atoms with Gasteiger partial charge in [-0.15, -0.1) is 0 Å². The molecule has 1 aliphatic carbocycles. The van der Waals surface area contributed by atoms with Gasteiger partial charge in [-0.1, -0.05) is 25.8 Å². The molecule has 3 rings (SSSR count). The Labute approximate surface area is 149 Å². The van der Waals surface area contributed by atoms with Gasteiger partial charge >= 0.3 is 6.03 Å². The molecule has 1 N–H and O–H groups in total. The lowest BCUT2D eigenvalue weighted by atomic mass is 10.2. The number of nitrogens with one attached hydrogen (secondary N) is 1. The van der Waals surface area contributed by atoms with E-state index in [1.807, 2.05) is 29.9 Å². The molecule has 0 unspecified atom stereocenters. The SMILES string of the molecule is CCc1ccc(CN(C)C(=O)Nc2cc(C)nn2C2CCCC2)nc1. The zero-order chi connectivity index (χ0) is 17.8. The first-order valence-electron chi connectivity index (χ1n) is 9.09. The number of carbonyl (C=O) groups is 1. The number of amides is 2. The van der Waals surface area contributed by atoms with Crippen molar-refractivity contribution in [1.29, 1.82) is 0 Å². The second-order valence-corrected chi connectivity index (χ2v) is 6.85. The number of anilines is 1. The molecule has 2 aromatic rings. The van der Waals surface area contributed by atoms with E-state index in [0.29, 0.717) is 12.6 Å². The molecule has 0 bridgehead atoms. The van der Waals surface area contributed by atoms with Gasteiger partial charge in [0.1, 0.15) is 5.82 Å². The zero-order valence-corrected chi connectivity index (χ0v) is 15.3. The van der Waals surface area contributed by atoms with E-state index >= 15 is 0 Å². The van der Waals surface area contributed by atoms with Crippen LogP contribution in [-0.2, 0) is 13.0 Å². The van der Waals surface area contributed by atoms with Crippen molar-refractivity contribution >= 4 is 11.8 Å². The van der Waals surface area contributed by atoms with Crippen LogP contribution < -0.4 is 5.32 Å². The second kappa shape index (κ2) is 7.68. The molecular weight excluding hydrogens is 314 g/mol. The number of hydrogen-bond donors (Lipinski definition) is 1. The van der Waals surface area contributed by atoms with Crippen molar-refractivity contribution in [3.63, 3.8) is 0 Å². The number of urea groups is 1. The number of hydrogen-bond acceptors (Lipinski definition) is 3. The third kappa shape index (κ3) is 4.18. The highest BCUT2D eigenvalue weighted by Crippen LogP contribution is 2.31. The van der Waals surface area contributed by atoms with Gasteiger partial charge in [0, 0.05) is 19.3 Å². The summed E-state index contributed by atoms with van der Waals surface area (Å²) in [5.41, 5.74) is 3.02. The van der Waals surface area contributed by atoms with Crippen molar-refractivity contribution in [2.45, 2.75) is 58.5 Å². The molecule has 2 heterocycles. The normalized spacial score (nSPS) is 14.7. The Balaban J connectivity index is 1.64. The topological polar surface area (TPSA) is 63.1 Å². The van der Waals surface area contributed by atoms with Crippen LogP contribution in [0.25, 0.3) is 0 Å². The van der Waals surface area contributed by atoms with Crippen LogP contribution >= 0.6 is 0 Å². The molecule has 6 heteroatoms. The first kappa shape index (κ1) is 17.5. The molecule has 0 aromatic carbocycles. The Kier molecular flexibility index (Phi) is 5.36. The second-order valence-electron chi connectivity index (χ2n) is 6.85. The van der Waals surface area contributed by atoms with Gasteiger partial charge < -0.3 is 4.90 Å². The van der Waals surface area contributed by atoms with Gasteiger partial charge in [0.2, 0.25) is 0 Å². The summed E-state index contributed by atoms with van der Waals surface area (Å²) in [6, 6.07) is 6.25. The van der Waals surface area contributed by atoms with E-state index in [-0.39, 0.29) is 6.03 Å². The molecule has 0 saturated heterocycles. The van der Waals surface area contributed by atoms with Crippen molar-refractivity contribution in [1.82, 2.24) is 19.7 Å². The average Bonchev–Trinajstić information content (AvgIpc) is 3.25. The van der Waals surface area contributed by atoms with Crippen LogP contribution in [0.2, 0.25) is 0 Å². The highest BCUT2D eigenvalue weighted by molar-refractivity contribution is 5.88. The van der Waals surface area contributed by atoms with E-state index in [1.165, 1.54) is 18.4 Å². The third-order valence-electron chi connectivity index (χ3n) is 4.80. The third-order valence-corrected chi connectivity index (χ3v) is 4.80. The van der Waals surface area contributed by atoms with Gasteiger partial charge in [-0.25, -0.2) is 9.48 Å². The lowest BCUT2D eigenvalue weighted by molar-refractivity contribution is 0.220. The minimum absolute atomic E-state index is 0.138. The predicted molar refractivity (Wildman–Crippen MR) is 98.6 cm³/mol. The number of pyridine rings is 1. The largest absolute Gasteiger partial charge is 0.323 e. The number of aromatic nitrogens is 3. The van der Waals surface area contributed by atoms with Crippen LogP contribution in [-0.4, -0.2) is 32.7 Å². The van der Waals surface area contributed by atoms with Crippen LogP contribution in [0.1, 0.15) is 55.6 Å². The molecule has 1 saturated carbocycles. The summed E-state index contributed by atoms with van der Waals surface area (Å²) in [5.74, 6) is 0.788. The van der Waals surface area contributed by atoms with Crippen molar-refractivity contribution in [3.8, 4) is 0 Å². The summed E-state index contributed by atoms with van der Waals surface area (Å²) in [5, 5.41) is 7.59. The van der Waals surface area contributed by atoms with E-state index in [4.69, 9.17) is 0 Å². The number of nitrogens with zero attached hydrogens (tertiary/aromatic N) is 4. The van der Waals surface area contributed by atoms with E-state index < -0.39 is 0 Å². The standard InChI is InChI=1S/C19H27N5O/c1-4-15-9-10-16(20-12-15)13-23(3)19(25)21-18-11-14(2)22-24(18)17-7-5-6-8-17/h9-12,17H,4-8,13H2,1-3H3,(H,21,25). The van der Waals surface area contributed by atoms with E-state index in [9.17, 15) is 4.79 Å². The van der Waals surface area contributed by atoms with Gasteiger partial charge in [0.25, 0.3) is 0 Å². The molecular formula is C19H27N5O. The van der Waals surface area contributed by atoms with Crippen LogP contribution in [0.5, 0.6) is 0 Å². The molecule has 0 atom stereocenters. The predicted octanol–water partition coefficient (Wildman–Crippen LogP) is 3.93. The Morgan fingerprint density at radius 2 is 2.12 bits per heavy atom. The molecule has 0 aliphatic heterocycles. The quantitative estimate of drug-likeness (QED) is 0.896. The summed E-state index contributed by atoms with van der Waals surface area (Å²) in [6.07, 6.45) is 7.57. The highest BCUT2D eigenvalue weighted by atomic mass is 16.2. The average molecular weight is 341 g/mol. The monoisotopic (exact) mass is 341 g/mol. The molecule has 2 amide bonds. The highest BCUT2D eigenvalue weighted by Gasteiger charge is 2.22. The fourth-order valence-corrected chi connectivity index (χ4v) is 3.31. The van der Waals surface area contributed by atoms with Gasteiger partial charge in [0.15, 0.2) is 0 Å². The molecule has 0 radical (unpaired) electrons. The minimum atomic E-state index is -0.138. The van der Waals surface area contributed by atoms with Gasteiger partial charge in [0.05, 0.1) is 24.0 Å². The maximum Gasteiger partial charge on any atom is 0.323 e. The smallest absolute Gasteiger partial charge is 0.322 e. The lowest BCUT2D eigenvalue weighted by Gasteiger charge is -2.19. The van der Waals surface area contributed by atoms with E-state index in [1.54, 1.807) is 11.9 Å². The maximum atomic E-state index is 12.6. The fraction of sp³-hybridized carbons (Fsp3) is 0.526. The van der Waals surface area contributed by atoms with Gasteiger partial charge in [-0.3, -0.25) is 10.3 Å². The molecule has 134 valence electrons. The zero-order valence-electron chi connectivity index (χ0n) is 15.3. The van der Waals surface area contributed by atoms with Gasteiger partial charge in [-0.05, 0) is 37.8 Å². The maximum absolute atomic E-state index is 12.6. The first-order valence-corrected chi connectivity index (χ1v) is 9.09. The Morgan fingerprint density at radius 1 is 1.36 bits per heavy atom. The summed E-state index contributed by atoms with van der Waals surface area (Å²) in [6.45, 7) is 4.54. The van der Waals surface area contributed by atoms with Crippen molar-refractivity contribution in [2.24, 2.45) is 0 Å². The number of aryl methyl sites for hydroxylation is 2. The Morgan fingerprint density at radius 3 is 2.76 bits per heavy atom. The van der Waals surface area contributed by atoms with Crippen LogP contribution in [0.15, 0.2) is 24.4 Å². The summed E-state index contributed by atoms with van der Waals surface area (Å²) >= 11 is 0. The number of rotatable bonds is 5. The molecule has 6 nitrogen and oxygen atoms in total. The summed E-state index contributed by atoms with van der Waals surface area (Å²) in [7, 11) is 1.79. The lowest BCUT2D eigenvalue weighted by Crippen LogP contribution is -2.32. The van der Waals surface area contributed by atoms with Crippen molar-refractivity contribution in [2.75, 3.05) is 12.4 Å². The number of carbonyl (C=O) groups excluding carboxylic acids is 1. The van der Waals surface area contributed by atoms with E-state index in [2.05, 4.69) is 28.4 Å². The molecule has 0 spiro atoms. The minimum Gasteiger partial charge on any atom is -0.322 e. The van der Waals surface area contributed by atoms with Gasteiger partial charge in [-0.2, -0.15) is 5.10 Å². The van der Waals surface area contributed by atoms with Crippen molar-refractivity contribution in [3.05, 3.63) is 41.3 Å². The molecule has 1 fully saturated rings. The summed E-state index contributed by atoms with van der Waals surface area (Å²) in [4.78, 5) is 18.6. The summed E-state index contributed by atoms with van der Waals surface area (Å²) < 4.78 is 1.99. The Bertz CT molecular complexity index is 716.